The first-order valence-electron chi connectivity index (χ1n) is 5.96. The quantitative estimate of drug-likeness (QED) is 0.686. The molecule has 0 fully saturated rings. The Labute approximate surface area is 115 Å². The first-order valence-corrected chi connectivity index (χ1v) is 5.96. The number of nitro benzene ring substituents is 1. The molecule has 0 saturated carbocycles. The van der Waals surface area contributed by atoms with E-state index in [9.17, 15) is 14.9 Å². The van der Waals surface area contributed by atoms with Gasteiger partial charge in [0.1, 0.15) is 0 Å². The van der Waals surface area contributed by atoms with E-state index < -0.39 is 4.92 Å². The van der Waals surface area contributed by atoms with Gasteiger partial charge in [0.15, 0.2) is 0 Å². The van der Waals surface area contributed by atoms with Crippen molar-refractivity contribution >= 4 is 17.3 Å². The topological polar surface area (TPSA) is 90.1 Å². The van der Waals surface area contributed by atoms with Crippen LogP contribution in [0, 0.1) is 24.0 Å². The van der Waals surface area contributed by atoms with Gasteiger partial charge in [0.2, 0.25) is 0 Å². The number of carbonyl (C=O) groups excluding carboxylic acids is 1. The molecule has 0 spiro atoms. The molecule has 2 rings (SSSR count). The summed E-state index contributed by atoms with van der Waals surface area (Å²) in [4.78, 5) is 22.1. The zero-order chi connectivity index (χ0) is 14.9. The number of hydrogen-bond donors (Lipinski definition) is 1. The minimum absolute atomic E-state index is 0.0460. The lowest BCUT2D eigenvalue weighted by Crippen LogP contribution is -2.13. The van der Waals surface area contributed by atoms with Crippen molar-refractivity contribution in [1.29, 1.82) is 0 Å². The molecule has 0 aliphatic heterocycles. The lowest BCUT2D eigenvalue weighted by molar-refractivity contribution is -0.384. The molecule has 1 aromatic carbocycles. The highest BCUT2D eigenvalue weighted by Gasteiger charge is 2.14. The van der Waals surface area contributed by atoms with Gasteiger partial charge in [0.25, 0.3) is 11.6 Å². The lowest BCUT2D eigenvalue weighted by atomic mass is 10.2. The van der Waals surface area contributed by atoms with Crippen LogP contribution in [-0.4, -0.2) is 20.6 Å². The van der Waals surface area contributed by atoms with Crippen molar-refractivity contribution < 1.29 is 9.72 Å². The average molecular weight is 274 g/mol. The Morgan fingerprint density at radius 1 is 1.30 bits per heavy atom. The largest absolute Gasteiger partial charge is 0.319 e. The summed E-state index contributed by atoms with van der Waals surface area (Å²) >= 11 is 0. The molecule has 0 radical (unpaired) electrons. The summed E-state index contributed by atoms with van der Waals surface area (Å²) in [5.74, 6) is -0.320. The highest BCUT2D eigenvalue weighted by molar-refractivity contribution is 6.04. The van der Waals surface area contributed by atoms with Crippen LogP contribution in [0.3, 0.4) is 0 Å². The number of nitrogens with one attached hydrogen (secondary N) is 1. The number of nitro groups is 1. The van der Waals surface area contributed by atoms with Crippen molar-refractivity contribution in [3.05, 3.63) is 51.3 Å². The average Bonchev–Trinajstić information content (AvgIpc) is 2.65. The van der Waals surface area contributed by atoms with E-state index in [1.165, 1.54) is 24.3 Å². The molecule has 0 aliphatic carbocycles. The van der Waals surface area contributed by atoms with E-state index >= 15 is 0 Å². The van der Waals surface area contributed by atoms with Crippen molar-refractivity contribution in [3.63, 3.8) is 0 Å². The third-order valence-corrected chi connectivity index (χ3v) is 3.09. The lowest BCUT2D eigenvalue weighted by Gasteiger charge is -2.05. The Morgan fingerprint density at radius 3 is 2.35 bits per heavy atom. The highest BCUT2D eigenvalue weighted by Crippen LogP contribution is 2.20. The van der Waals surface area contributed by atoms with Crippen molar-refractivity contribution in [2.45, 2.75) is 13.8 Å². The molecule has 0 atom stereocenters. The van der Waals surface area contributed by atoms with Crippen LogP contribution >= 0.6 is 0 Å². The van der Waals surface area contributed by atoms with Crippen LogP contribution in [-0.2, 0) is 7.05 Å². The van der Waals surface area contributed by atoms with Gasteiger partial charge < -0.3 is 5.32 Å². The summed E-state index contributed by atoms with van der Waals surface area (Å²) in [6, 6.07) is 5.46. The molecular formula is C13H14N4O3. The first-order chi connectivity index (χ1) is 9.40. The minimum Gasteiger partial charge on any atom is -0.319 e. The summed E-state index contributed by atoms with van der Waals surface area (Å²) in [6.45, 7) is 3.66. The Kier molecular flexibility index (Phi) is 3.51. The van der Waals surface area contributed by atoms with Gasteiger partial charge in [-0.3, -0.25) is 19.6 Å². The summed E-state index contributed by atoms with van der Waals surface area (Å²) in [5, 5.41) is 17.5. The van der Waals surface area contributed by atoms with Crippen LogP contribution in [0.25, 0.3) is 0 Å². The van der Waals surface area contributed by atoms with E-state index in [-0.39, 0.29) is 11.6 Å². The molecule has 1 N–H and O–H groups in total. The normalized spacial score (nSPS) is 10.3. The number of aromatic nitrogens is 2. The summed E-state index contributed by atoms with van der Waals surface area (Å²) in [7, 11) is 1.80. The fraction of sp³-hybridized carbons (Fsp3) is 0.231. The van der Waals surface area contributed by atoms with Gasteiger partial charge >= 0.3 is 0 Å². The van der Waals surface area contributed by atoms with Crippen molar-refractivity contribution in [2.24, 2.45) is 7.05 Å². The predicted octanol–water partition coefficient (Wildman–Crippen LogP) is 2.20. The minimum atomic E-state index is -0.503. The second-order valence-electron chi connectivity index (χ2n) is 4.43. The van der Waals surface area contributed by atoms with E-state index in [1.54, 1.807) is 18.7 Å². The number of non-ortho nitro benzene ring substituents is 1. The number of hydrogen-bond acceptors (Lipinski definition) is 4. The van der Waals surface area contributed by atoms with E-state index in [4.69, 9.17) is 0 Å². The highest BCUT2D eigenvalue weighted by atomic mass is 16.6. The molecule has 1 heterocycles. The summed E-state index contributed by atoms with van der Waals surface area (Å²) in [6.07, 6.45) is 0. The van der Waals surface area contributed by atoms with E-state index in [0.717, 1.165) is 11.4 Å². The van der Waals surface area contributed by atoms with Crippen LogP contribution in [0.15, 0.2) is 24.3 Å². The van der Waals surface area contributed by atoms with Gasteiger partial charge in [-0.05, 0) is 26.0 Å². The number of aryl methyl sites for hydroxylation is 2. The molecule has 0 aliphatic rings. The van der Waals surface area contributed by atoms with E-state index in [0.29, 0.717) is 11.3 Å². The van der Waals surface area contributed by atoms with Gasteiger partial charge in [-0.15, -0.1) is 0 Å². The molecule has 0 unspecified atom stereocenters. The third kappa shape index (κ3) is 2.51. The zero-order valence-corrected chi connectivity index (χ0v) is 11.4. The maximum absolute atomic E-state index is 12.1. The number of rotatable bonds is 3. The van der Waals surface area contributed by atoms with Crippen molar-refractivity contribution in [3.8, 4) is 0 Å². The smallest absolute Gasteiger partial charge is 0.269 e. The van der Waals surface area contributed by atoms with E-state index in [1.807, 2.05) is 6.92 Å². The van der Waals surface area contributed by atoms with Crippen molar-refractivity contribution in [2.75, 3.05) is 5.32 Å². The van der Waals surface area contributed by atoms with Gasteiger partial charge in [-0.1, -0.05) is 0 Å². The Balaban J connectivity index is 2.22. The maximum atomic E-state index is 12.1. The number of nitrogens with zero attached hydrogens (tertiary/aromatic N) is 3. The molecule has 2 aromatic rings. The number of carbonyl (C=O) groups is 1. The van der Waals surface area contributed by atoms with Crippen molar-refractivity contribution in [1.82, 2.24) is 9.78 Å². The van der Waals surface area contributed by atoms with Gasteiger partial charge in [0.05, 0.1) is 22.0 Å². The molecule has 7 nitrogen and oxygen atoms in total. The molecule has 7 heteroatoms. The SMILES string of the molecule is Cc1nn(C)c(C)c1NC(=O)c1ccc([N+](=O)[O-])cc1. The molecule has 0 bridgehead atoms. The third-order valence-electron chi connectivity index (χ3n) is 3.09. The Bertz CT molecular complexity index is 674. The first kappa shape index (κ1) is 13.7. The molecule has 0 saturated heterocycles. The Hall–Kier alpha value is -2.70. The fourth-order valence-electron chi connectivity index (χ4n) is 1.87. The number of benzene rings is 1. The molecule has 104 valence electrons. The molecule has 1 aromatic heterocycles. The van der Waals surface area contributed by atoms with Crippen LogP contribution in [0.4, 0.5) is 11.4 Å². The molecule has 20 heavy (non-hydrogen) atoms. The summed E-state index contributed by atoms with van der Waals surface area (Å²) in [5.41, 5.74) is 2.54. The van der Waals surface area contributed by atoms with Gasteiger partial charge in [-0.2, -0.15) is 5.10 Å². The standard InChI is InChI=1S/C13H14N4O3/c1-8-12(9(2)16(3)15-8)14-13(18)10-4-6-11(7-5-10)17(19)20/h4-7H,1-3H3,(H,14,18). The number of amides is 1. The van der Waals surface area contributed by atoms with Crippen LogP contribution in [0.2, 0.25) is 0 Å². The second kappa shape index (κ2) is 5.12. The number of anilines is 1. The zero-order valence-electron chi connectivity index (χ0n) is 11.4. The van der Waals surface area contributed by atoms with E-state index in [2.05, 4.69) is 10.4 Å². The Morgan fingerprint density at radius 2 is 1.90 bits per heavy atom. The fourth-order valence-corrected chi connectivity index (χ4v) is 1.87. The van der Waals surface area contributed by atoms with Crippen LogP contribution in [0.5, 0.6) is 0 Å². The second-order valence-corrected chi connectivity index (χ2v) is 4.43. The maximum Gasteiger partial charge on any atom is 0.269 e. The van der Waals surface area contributed by atoms with Crippen LogP contribution < -0.4 is 5.32 Å². The monoisotopic (exact) mass is 274 g/mol. The van der Waals surface area contributed by atoms with Crippen LogP contribution in [0.1, 0.15) is 21.7 Å². The molecule has 1 amide bonds. The van der Waals surface area contributed by atoms with Gasteiger partial charge in [0, 0.05) is 24.7 Å². The predicted molar refractivity (Wildman–Crippen MR) is 73.7 cm³/mol. The summed E-state index contributed by atoms with van der Waals surface area (Å²) < 4.78 is 1.68. The van der Waals surface area contributed by atoms with Gasteiger partial charge in [-0.25, -0.2) is 0 Å². The molecular weight excluding hydrogens is 260 g/mol.